The number of hydrogen-bond acceptors (Lipinski definition) is 3. The van der Waals surface area contributed by atoms with E-state index in [1.165, 1.54) is 0 Å². The van der Waals surface area contributed by atoms with Crippen LogP contribution in [-0.4, -0.2) is 24.4 Å². The minimum atomic E-state index is -0.768. The van der Waals surface area contributed by atoms with Crippen LogP contribution < -0.4 is 4.74 Å². The molecule has 0 fully saturated rings. The first-order chi connectivity index (χ1) is 9.04. The van der Waals surface area contributed by atoms with Gasteiger partial charge in [0.1, 0.15) is 11.9 Å². The van der Waals surface area contributed by atoms with Crippen LogP contribution in [0.1, 0.15) is 45.3 Å². The Balaban J connectivity index is 3.22. The summed E-state index contributed by atoms with van der Waals surface area (Å²) in [5.74, 6) is 0.628. The zero-order valence-corrected chi connectivity index (χ0v) is 12.8. The monoisotopic (exact) mass is 286 g/mol. The molecule has 0 aliphatic heterocycles. The van der Waals surface area contributed by atoms with Crippen molar-refractivity contribution in [2.45, 2.75) is 45.3 Å². The van der Waals surface area contributed by atoms with Gasteiger partial charge in [-0.2, -0.15) is 0 Å². The molecule has 0 saturated carbocycles. The smallest absolute Gasteiger partial charge is 0.124 e. The van der Waals surface area contributed by atoms with E-state index < -0.39 is 11.7 Å². The van der Waals surface area contributed by atoms with Crippen molar-refractivity contribution >= 4 is 11.6 Å². The maximum atomic E-state index is 10.7. The Bertz CT molecular complexity index is 402. The maximum absolute atomic E-state index is 10.7. The highest BCUT2D eigenvalue weighted by molar-refractivity contribution is 6.30. The van der Waals surface area contributed by atoms with Gasteiger partial charge >= 0.3 is 0 Å². The summed E-state index contributed by atoms with van der Waals surface area (Å²) < 4.78 is 11.1. The van der Waals surface area contributed by atoms with Crippen molar-refractivity contribution in [1.29, 1.82) is 0 Å². The molecule has 19 heavy (non-hydrogen) atoms. The third-order valence-electron chi connectivity index (χ3n) is 3.61. The van der Waals surface area contributed by atoms with E-state index in [1.807, 2.05) is 20.8 Å². The van der Waals surface area contributed by atoms with E-state index >= 15 is 0 Å². The van der Waals surface area contributed by atoms with Crippen LogP contribution in [0.3, 0.4) is 0 Å². The van der Waals surface area contributed by atoms with Gasteiger partial charge in [0.25, 0.3) is 0 Å². The predicted molar refractivity (Wildman–Crippen MR) is 77.9 cm³/mol. The fourth-order valence-electron chi connectivity index (χ4n) is 2.41. The van der Waals surface area contributed by atoms with E-state index in [-0.39, 0.29) is 0 Å². The lowest BCUT2D eigenvalue weighted by Crippen LogP contribution is -2.38. The summed E-state index contributed by atoms with van der Waals surface area (Å²) in [6.07, 6.45) is 0.665. The summed E-state index contributed by atoms with van der Waals surface area (Å²) in [4.78, 5) is 0. The molecule has 4 heteroatoms. The number of ether oxygens (including phenoxy) is 2. The summed E-state index contributed by atoms with van der Waals surface area (Å²) in [6.45, 7) is 6.52. The first-order valence-electron chi connectivity index (χ1n) is 6.70. The fourth-order valence-corrected chi connectivity index (χ4v) is 2.59. The highest BCUT2D eigenvalue weighted by Crippen LogP contribution is 2.40. The molecule has 1 aromatic rings. The number of aliphatic hydroxyl groups excluding tert-OH is 1. The van der Waals surface area contributed by atoms with Gasteiger partial charge in [0.05, 0.1) is 12.7 Å². The topological polar surface area (TPSA) is 38.7 Å². The van der Waals surface area contributed by atoms with E-state index in [0.717, 1.165) is 0 Å². The lowest BCUT2D eigenvalue weighted by Gasteiger charge is -2.37. The van der Waals surface area contributed by atoms with Gasteiger partial charge in [0.2, 0.25) is 0 Å². The van der Waals surface area contributed by atoms with E-state index in [0.29, 0.717) is 35.8 Å². The third-order valence-corrected chi connectivity index (χ3v) is 3.85. The average Bonchev–Trinajstić information content (AvgIpc) is 2.44. The molecule has 1 N–H and O–H groups in total. The fraction of sp³-hybridized carbons (Fsp3) is 0.600. The van der Waals surface area contributed by atoms with Crippen molar-refractivity contribution in [3.8, 4) is 5.75 Å². The first-order valence-corrected chi connectivity index (χ1v) is 7.07. The van der Waals surface area contributed by atoms with Crippen LogP contribution in [0.2, 0.25) is 5.02 Å². The van der Waals surface area contributed by atoms with Crippen LogP contribution in [-0.2, 0) is 4.74 Å². The standard InChI is InChI=1S/C15H23ClO3/c1-5-15(6-2,19-7-3)14(17)12-10-11(16)8-9-13(12)18-4/h8-10,14,17H,5-7H2,1-4H3. The predicted octanol–water partition coefficient (Wildman–Crippen LogP) is 3.98. The zero-order chi connectivity index (χ0) is 14.5. The number of methoxy groups -OCH3 is 1. The molecule has 108 valence electrons. The molecule has 0 aliphatic carbocycles. The molecular weight excluding hydrogens is 264 g/mol. The third kappa shape index (κ3) is 3.41. The second kappa shape index (κ2) is 7.13. The largest absolute Gasteiger partial charge is 0.496 e. The number of halogens is 1. The van der Waals surface area contributed by atoms with Crippen LogP contribution >= 0.6 is 11.6 Å². The molecule has 0 saturated heterocycles. The Morgan fingerprint density at radius 3 is 2.37 bits per heavy atom. The maximum Gasteiger partial charge on any atom is 0.124 e. The highest BCUT2D eigenvalue weighted by Gasteiger charge is 2.37. The van der Waals surface area contributed by atoms with Gasteiger partial charge < -0.3 is 14.6 Å². The molecule has 0 amide bonds. The van der Waals surface area contributed by atoms with Gasteiger partial charge in [0.15, 0.2) is 0 Å². The van der Waals surface area contributed by atoms with Gasteiger partial charge in [-0.05, 0) is 38.0 Å². The number of benzene rings is 1. The van der Waals surface area contributed by atoms with Crippen molar-refractivity contribution in [1.82, 2.24) is 0 Å². The van der Waals surface area contributed by atoms with Crippen LogP contribution in [0.15, 0.2) is 18.2 Å². The Morgan fingerprint density at radius 2 is 1.89 bits per heavy atom. The molecule has 1 atom stereocenters. The summed E-state index contributed by atoms with van der Waals surface area (Å²) in [7, 11) is 1.58. The molecule has 1 unspecified atom stereocenters. The molecule has 0 heterocycles. The van der Waals surface area contributed by atoms with Crippen molar-refractivity contribution in [3.05, 3.63) is 28.8 Å². The van der Waals surface area contributed by atoms with Gasteiger partial charge in [0, 0.05) is 17.2 Å². The minimum Gasteiger partial charge on any atom is -0.496 e. The number of aliphatic hydroxyl groups is 1. The normalized spacial score (nSPS) is 13.4. The first kappa shape index (κ1) is 16.3. The Hall–Kier alpha value is -0.770. The second-order valence-corrected chi connectivity index (χ2v) is 4.93. The number of hydrogen-bond donors (Lipinski definition) is 1. The van der Waals surface area contributed by atoms with Crippen molar-refractivity contribution in [2.24, 2.45) is 0 Å². The van der Waals surface area contributed by atoms with Crippen molar-refractivity contribution in [2.75, 3.05) is 13.7 Å². The SMILES string of the molecule is CCOC(CC)(CC)C(O)c1cc(Cl)ccc1OC. The molecule has 0 spiro atoms. The van der Waals surface area contributed by atoms with E-state index in [1.54, 1.807) is 25.3 Å². The number of rotatable bonds is 7. The van der Waals surface area contributed by atoms with Gasteiger partial charge in [-0.25, -0.2) is 0 Å². The lowest BCUT2D eigenvalue weighted by atomic mass is 9.85. The van der Waals surface area contributed by atoms with Crippen LogP contribution in [0.4, 0.5) is 0 Å². The van der Waals surface area contributed by atoms with Crippen LogP contribution in [0.25, 0.3) is 0 Å². The Morgan fingerprint density at radius 1 is 1.26 bits per heavy atom. The summed E-state index contributed by atoms with van der Waals surface area (Å²) >= 11 is 6.02. The molecule has 1 rings (SSSR count). The average molecular weight is 287 g/mol. The molecule has 3 nitrogen and oxygen atoms in total. The van der Waals surface area contributed by atoms with Gasteiger partial charge in [-0.15, -0.1) is 0 Å². The summed E-state index contributed by atoms with van der Waals surface area (Å²) in [5, 5.41) is 11.3. The van der Waals surface area contributed by atoms with Crippen molar-refractivity contribution in [3.63, 3.8) is 0 Å². The summed E-state index contributed by atoms with van der Waals surface area (Å²) in [6, 6.07) is 5.25. The van der Waals surface area contributed by atoms with Crippen molar-refractivity contribution < 1.29 is 14.6 Å². The minimum absolute atomic E-state index is 0.557. The Kier molecular flexibility index (Phi) is 6.11. The van der Waals surface area contributed by atoms with E-state index in [4.69, 9.17) is 21.1 Å². The Labute approximate surface area is 120 Å². The molecule has 0 aromatic heterocycles. The van der Waals surface area contributed by atoms with Gasteiger partial charge in [-0.1, -0.05) is 25.4 Å². The van der Waals surface area contributed by atoms with Crippen LogP contribution in [0.5, 0.6) is 5.75 Å². The zero-order valence-electron chi connectivity index (χ0n) is 12.1. The molecule has 0 radical (unpaired) electrons. The lowest BCUT2D eigenvalue weighted by molar-refractivity contribution is -0.128. The molecule has 0 aliphatic rings. The second-order valence-electron chi connectivity index (χ2n) is 4.49. The highest BCUT2D eigenvalue weighted by atomic mass is 35.5. The quantitative estimate of drug-likeness (QED) is 0.824. The molecule has 0 bridgehead atoms. The van der Waals surface area contributed by atoms with Crippen LogP contribution in [0, 0.1) is 0 Å². The van der Waals surface area contributed by atoms with E-state index in [9.17, 15) is 5.11 Å². The molecule has 1 aromatic carbocycles. The summed E-state index contributed by atoms with van der Waals surface area (Å²) in [5.41, 5.74) is 0.0688. The molecular formula is C15H23ClO3. The van der Waals surface area contributed by atoms with Gasteiger partial charge in [-0.3, -0.25) is 0 Å². The van der Waals surface area contributed by atoms with E-state index in [2.05, 4.69) is 0 Å².